The van der Waals surface area contributed by atoms with E-state index in [2.05, 4.69) is 27.0 Å². The molecular weight excluding hydrogens is 400 g/mol. The summed E-state index contributed by atoms with van der Waals surface area (Å²) in [6.45, 7) is 0. The molecular formula is C19H13BrN2O4. The summed E-state index contributed by atoms with van der Waals surface area (Å²) < 4.78 is 11.7. The van der Waals surface area contributed by atoms with Crippen LogP contribution in [-0.2, 0) is 6.42 Å². The van der Waals surface area contributed by atoms with Crippen molar-refractivity contribution in [1.82, 2.24) is 4.98 Å². The van der Waals surface area contributed by atoms with Crippen LogP contribution in [0.15, 0.2) is 50.1 Å². The van der Waals surface area contributed by atoms with Crippen molar-refractivity contribution in [2.24, 2.45) is 0 Å². The molecule has 6 nitrogen and oxygen atoms in total. The number of aromatic hydroxyl groups is 1. The van der Waals surface area contributed by atoms with Crippen molar-refractivity contribution in [3.8, 4) is 23.4 Å². The van der Waals surface area contributed by atoms with Gasteiger partial charge in [-0.25, -0.2) is 4.79 Å². The van der Waals surface area contributed by atoms with Gasteiger partial charge in [0.2, 0.25) is 5.88 Å². The summed E-state index contributed by atoms with van der Waals surface area (Å²) in [6.07, 6.45) is 1.54. The molecule has 0 fully saturated rings. The molecule has 1 heterocycles. The fourth-order valence-corrected chi connectivity index (χ4v) is 3.74. The highest BCUT2D eigenvalue weighted by Crippen LogP contribution is 2.42. The Bertz CT molecular complexity index is 1090. The van der Waals surface area contributed by atoms with Crippen molar-refractivity contribution in [3.05, 3.63) is 73.9 Å². The van der Waals surface area contributed by atoms with Crippen LogP contribution in [-0.4, -0.2) is 10.1 Å². The topological polar surface area (TPSA) is 99.2 Å². The second-order valence-electron chi connectivity index (χ2n) is 6.04. The molecule has 0 radical (unpaired) electrons. The third-order valence-electron chi connectivity index (χ3n) is 4.45. The first-order chi connectivity index (χ1) is 12.5. The SMILES string of the molecule is N#Cc1ccc(Oc2ccc3c(c2)CC[C@H]3c2oc(=O)[nH]c2O)c(Br)c1. The van der Waals surface area contributed by atoms with E-state index in [1.165, 1.54) is 0 Å². The Balaban J connectivity index is 1.62. The smallest absolute Gasteiger partial charge is 0.419 e. The Morgan fingerprint density at radius 3 is 2.85 bits per heavy atom. The Morgan fingerprint density at radius 2 is 2.15 bits per heavy atom. The number of fused-ring (bicyclic) bond motifs is 1. The highest BCUT2D eigenvalue weighted by atomic mass is 79.9. The lowest BCUT2D eigenvalue weighted by atomic mass is 9.99. The number of benzene rings is 2. The molecule has 0 saturated carbocycles. The minimum Gasteiger partial charge on any atom is -0.492 e. The van der Waals surface area contributed by atoms with Crippen molar-refractivity contribution >= 4 is 15.9 Å². The van der Waals surface area contributed by atoms with E-state index in [1.54, 1.807) is 18.2 Å². The molecule has 0 spiro atoms. The quantitative estimate of drug-likeness (QED) is 0.671. The van der Waals surface area contributed by atoms with Gasteiger partial charge in [-0.2, -0.15) is 5.26 Å². The van der Waals surface area contributed by atoms with E-state index < -0.39 is 5.76 Å². The minimum atomic E-state index is -0.656. The Morgan fingerprint density at radius 1 is 1.31 bits per heavy atom. The van der Waals surface area contributed by atoms with Crippen LogP contribution in [0.25, 0.3) is 0 Å². The van der Waals surface area contributed by atoms with E-state index in [1.807, 2.05) is 18.2 Å². The summed E-state index contributed by atoms with van der Waals surface area (Å²) in [5.41, 5.74) is 2.64. The van der Waals surface area contributed by atoms with Crippen LogP contribution in [0.2, 0.25) is 0 Å². The number of nitriles is 1. The molecule has 2 N–H and O–H groups in total. The summed E-state index contributed by atoms with van der Waals surface area (Å²) in [7, 11) is 0. The van der Waals surface area contributed by atoms with Crippen molar-refractivity contribution < 1.29 is 14.3 Å². The van der Waals surface area contributed by atoms with Crippen molar-refractivity contribution in [3.63, 3.8) is 0 Å². The summed E-state index contributed by atoms with van der Waals surface area (Å²) in [5, 5.41) is 18.8. The third kappa shape index (κ3) is 2.89. The highest BCUT2D eigenvalue weighted by Gasteiger charge is 2.30. The summed E-state index contributed by atoms with van der Waals surface area (Å²) in [4.78, 5) is 13.5. The molecule has 0 saturated heterocycles. The first-order valence-electron chi connectivity index (χ1n) is 7.97. The number of hydrogen-bond donors (Lipinski definition) is 2. The Kier molecular flexibility index (Phi) is 4.05. The van der Waals surface area contributed by atoms with E-state index in [9.17, 15) is 9.90 Å². The molecule has 1 aromatic heterocycles. The molecule has 0 bridgehead atoms. The molecule has 1 aliphatic rings. The predicted octanol–water partition coefficient (Wildman–Crippen LogP) is 4.18. The molecule has 26 heavy (non-hydrogen) atoms. The van der Waals surface area contributed by atoms with Gasteiger partial charge < -0.3 is 14.3 Å². The molecule has 0 aliphatic heterocycles. The molecule has 0 unspecified atom stereocenters. The summed E-state index contributed by atoms with van der Waals surface area (Å²) in [6, 6.07) is 12.9. The van der Waals surface area contributed by atoms with Crippen LogP contribution in [0.5, 0.6) is 17.4 Å². The number of ether oxygens (including phenoxy) is 1. The van der Waals surface area contributed by atoms with Gasteiger partial charge in [-0.3, -0.25) is 4.98 Å². The lowest BCUT2D eigenvalue weighted by molar-refractivity contribution is 0.407. The van der Waals surface area contributed by atoms with Gasteiger partial charge in [0.1, 0.15) is 11.5 Å². The van der Waals surface area contributed by atoms with Gasteiger partial charge in [-0.15, -0.1) is 0 Å². The van der Waals surface area contributed by atoms with Gasteiger partial charge in [-0.1, -0.05) is 6.07 Å². The Labute approximate surface area is 156 Å². The van der Waals surface area contributed by atoms with Crippen LogP contribution in [0.4, 0.5) is 0 Å². The molecule has 3 aromatic rings. The van der Waals surface area contributed by atoms with Gasteiger partial charge in [0, 0.05) is 5.92 Å². The first-order valence-corrected chi connectivity index (χ1v) is 8.77. The van der Waals surface area contributed by atoms with E-state index >= 15 is 0 Å². The number of rotatable bonds is 3. The van der Waals surface area contributed by atoms with Crippen molar-refractivity contribution in [1.29, 1.82) is 5.26 Å². The number of H-pyrrole nitrogens is 1. The second kappa shape index (κ2) is 6.39. The first kappa shape index (κ1) is 16.5. The number of hydrogen-bond acceptors (Lipinski definition) is 5. The van der Waals surface area contributed by atoms with E-state index in [0.29, 0.717) is 21.5 Å². The normalized spacial score (nSPS) is 15.5. The van der Waals surface area contributed by atoms with Crippen LogP contribution in [0.3, 0.4) is 0 Å². The lowest BCUT2D eigenvalue weighted by Crippen LogP contribution is -1.97. The van der Waals surface area contributed by atoms with Gasteiger partial charge in [-0.05, 0) is 70.2 Å². The zero-order valence-corrected chi connectivity index (χ0v) is 15.0. The maximum absolute atomic E-state index is 11.3. The number of nitrogens with zero attached hydrogens (tertiary/aromatic N) is 1. The van der Waals surface area contributed by atoms with Crippen molar-refractivity contribution in [2.45, 2.75) is 18.8 Å². The number of aromatic amines is 1. The monoisotopic (exact) mass is 412 g/mol. The highest BCUT2D eigenvalue weighted by molar-refractivity contribution is 9.10. The van der Waals surface area contributed by atoms with Gasteiger partial charge in [0.15, 0.2) is 5.76 Å². The van der Waals surface area contributed by atoms with Crippen LogP contribution in [0.1, 0.15) is 34.8 Å². The summed E-state index contributed by atoms with van der Waals surface area (Å²) >= 11 is 3.41. The molecule has 130 valence electrons. The molecule has 2 aromatic carbocycles. The fourth-order valence-electron chi connectivity index (χ4n) is 3.28. The lowest BCUT2D eigenvalue weighted by Gasteiger charge is -2.11. The largest absolute Gasteiger partial charge is 0.492 e. The molecule has 4 rings (SSSR count). The average Bonchev–Trinajstić information content (AvgIpc) is 3.18. The number of oxazole rings is 1. The number of aromatic nitrogens is 1. The van der Waals surface area contributed by atoms with Crippen LogP contribution >= 0.6 is 15.9 Å². The minimum absolute atomic E-state index is 0.153. The molecule has 0 amide bonds. The van der Waals surface area contributed by atoms with Crippen molar-refractivity contribution in [2.75, 3.05) is 0 Å². The zero-order valence-electron chi connectivity index (χ0n) is 13.5. The third-order valence-corrected chi connectivity index (χ3v) is 5.07. The number of aryl methyl sites for hydroxylation is 1. The number of nitrogens with one attached hydrogen (secondary N) is 1. The van der Waals surface area contributed by atoms with Crippen LogP contribution in [0, 0.1) is 11.3 Å². The predicted molar refractivity (Wildman–Crippen MR) is 96.5 cm³/mol. The standard InChI is InChI=1S/C19H13BrN2O4/c20-15-7-10(9-21)1-6-16(15)25-12-3-5-13-11(8-12)2-4-14(13)17-18(23)22-19(24)26-17/h1,3,5-8,14,23H,2,4H2,(H,22,24)/t14-/m1/s1. The zero-order chi connectivity index (χ0) is 18.3. The summed E-state index contributed by atoms with van der Waals surface area (Å²) in [5.74, 6) is 0.547. The number of halogens is 1. The Hall–Kier alpha value is -2.98. The molecule has 1 aliphatic carbocycles. The maximum Gasteiger partial charge on any atom is 0.419 e. The van der Waals surface area contributed by atoms with Gasteiger partial charge in [0.05, 0.1) is 16.1 Å². The second-order valence-corrected chi connectivity index (χ2v) is 6.89. The molecule has 1 atom stereocenters. The van der Waals surface area contributed by atoms with E-state index in [0.717, 1.165) is 24.0 Å². The van der Waals surface area contributed by atoms with Crippen LogP contribution < -0.4 is 10.5 Å². The maximum atomic E-state index is 11.3. The van der Waals surface area contributed by atoms with E-state index in [4.69, 9.17) is 14.4 Å². The fraction of sp³-hybridized carbons (Fsp3) is 0.158. The molecule has 7 heteroatoms. The van der Waals surface area contributed by atoms with Gasteiger partial charge in [0.25, 0.3) is 0 Å². The average molecular weight is 413 g/mol. The van der Waals surface area contributed by atoms with Gasteiger partial charge >= 0.3 is 5.76 Å². The van der Waals surface area contributed by atoms with E-state index in [-0.39, 0.29) is 17.6 Å².